The quantitative estimate of drug-likeness (QED) is 0.632. The highest BCUT2D eigenvalue weighted by molar-refractivity contribution is 7.99. The SMILES string of the molecule is CCSc1ccc(NC(=O)CC(C)=O)cc1. The third-order valence-corrected chi connectivity index (χ3v) is 2.75. The summed E-state index contributed by atoms with van der Waals surface area (Å²) >= 11 is 1.75. The van der Waals surface area contributed by atoms with Gasteiger partial charge in [0.15, 0.2) is 0 Å². The average molecular weight is 237 g/mol. The van der Waals surface area contributed by atoms with Crippen LogP contribution in [0.2, 0.25) is 0 Å². The van der Waals surface area contributed by atoms with Crippen LogP contribution in [0, 0.1) is 0 Å². The first-order valence-electron chi connectivity index (χ1n) is 5.14. The number of amides is 1. The van der Waals surface area contributed by atoms with E-state index in [9.17, 15) is 9.59 Å². The molecular formula is C12H15NO2S. The Morgan fingerprint density at radius 2 is 1.88 bits per heavy atom. The summed E-state index contributed by atoms with van der Waals surface area (Å²) in [6, 6.07) is 7.60. The molecule has 3 nitrogen and oxygen atoms in total. The van der Waals surface area contributed by atoms with Crippen molar-refractivity contribution in [2.45, 2.75) is 25.2 Å². The first kappa shape index (κ1) is 12.8. The van der Waals surface area contributed by atoms with Crippen molar-refractivity contribution < 1.29 is 9.59 Å². The van der Waals surface area contributed by atoms with Gasteiger partial charge in [0.1, 0.15) is 5.78 Å². The second-order valence-electron chi connectivity index (χ2n) is 3.38. The first-order valence-corrected chi connectivity index (χ1v) is 6.12. The number of benzene rings is 1. The molecule has 1 amide bonds. The van der Waals surface area contributed by atoms with Crippen LogP contribution in [0.4, 0.5) is 5.69 Å². The van der Waals surface area contributed by atoms with Gasteiger partial charge in [-0.1, -0.05) is 6.92 Å². The number of carbonyl (C=O) groups excluding carboxylic acids is 2. The van der Waals surface area contributed by atoms with Crippen LogP contribution in [0.25, 0.3) is 0 Å². The van der Waals surface area contributed by atoms with Crippen LogP contribution in [-0.4, -0.2) is 17.4 Å². The van der Waals surface area contributed by atoms with Crippen LogP contribution in [0.1, 0.15) is 20.3 Å². The zero-order valence-corrected chi connectivity index (χ0v) is 10.3. The Bertz CT molecular complexity index is 373. The molecule has 0 aliphatic heterocycles. The van der Waals surface area contributed by atoms with E-state index >= 15 is 0 Å². The molecule has 0 spiro atoms. The summed E-state index contributed by atoms with van der Waals surface area (Å²) in [5.74, 6) is 0.634. The van der Waals surface area contributed by atoms with Crippen LogP contribution in [-0.2, 0) is 9.59 Å². The number of ketones is 1. The van der Waals surface area contributed by atoms with Crippen molar-refractivity contribution in [1.82, 2.24) is 0 Å². The van der Waals surface area contributed by atoms with E-state index in [2.05, 4.69) is 12.2 Å². The number of Topliss-reactive ketones (excluding diaryl/α,β-unsaturated/α-hetero) is 1. The third-order valence-electron chi connectivity index (χ3n) is 1.86. The molecule has 1 N–H and O–H groups in total. The Labute approximate surface area is 99.6 Å². The van der Waals surface area contributed by atoms with Crippen molar-refractivity contribution in [3.05, 3.63) is 24.3 Å². The summed E-state index contributed by atoms with van der Waals surface area (Å²) in [5, 5.41) is 2.67. The zero-order chi connectivity index (χ0) is 12.0. The van der Waals surface area contributed by atoms with Crippen molar-refractivity contribution in [2.75, 3.05) is 11.1 Å². The molecule has 0 atom stereocenters. The Hall–Kier alpha value is -1.29. The van der Waals surface area contributed by atoms with Crippen LogP contribution in [0.3, 0.4) is 0 Å². The molecular weight excluding hydrogens is 222 g/mol. The lowest BCUT2D eigenvalue weighted by atomic mass is 10.2. The van der Waals surface area contributed by atoms with Crippen LogP contribution >= 0.6 is 11.8 Å². The highest BCUT2D eigenvalue weighted by Gasteiger charge is 2.05. The standard InChI is InChI=1S/C12H15NO2S/c1-3-16-11-6-4-10(5-7-11)13-12(15)8-9(2)14/h4-7H,3,8H2,1-2H3,(H,13,15). The molecule has 86 valence electrons. The summed E-state index contributed by atoms with van der Waals surface area (Å²) < 4.78 is 0. The fourth-order valence-electron chi connectivity index (χ4n) is 1.23. The predicted molar refractivity (Wildman–Crippen MR) is 66.8 cm³/mol. The summed E-state index contributed by atoms with van der Waals surface area (Å²) in [5.41, 5.74) is 0.728. The van der Waals surface area contributed by atoms with Gasteiger partial charge in [0.25, 0.3) is 0 Å². The van der Waals surface area contributed by atoms with Crippen LogP contribution in [0.15, 0.2) is 29.2 Å². The summed E-state index contributed by atoms with van der Waals surface area (Å²) in [6.07, 6.45) is -0.0640. The van der Waals surface area contributed by atoms with Crippen LogP contribution < -0.4 is 5.32 Å². The number of hydrogen-bond acceptors (Lipinski definition) is 3. The Morgan fingerprint density at radius 3 is 2.38 bits per heavy atom. The Kier molecular flexibility index (Phi) is 5.05. The van der Waals surface area contributed by atoms with Gasteiger partial charge in [-0.05, 0) is 36.9 Å². The molecule has 0 saturated carbocycles. The Morgan fingerprint density at radius 1 is 1.25 bits per heavy atom. The largest absolute Gasteiger partial charge is 0.326 e. The van der Waals surface area contributed by atoms with E-state index in [1.165, 1.54) is 11.8 Å². The van der Waals surface area contributed by atoms with E-state index in [4.69, 9.17) is 0 Å². The molecule has 0 saturated heterocycles. The number of anilines is 1. The van der Waals surface area contributed by atoms with Gasteiger partial charge in [-0.15, -0.1) is 11.8 Å². The first-order chi connectivity index (χ1) is 7.61. The maximum Gasteiger partial charge on any atom is 0.231 e. The fourth-order valence-corrected chi connectivity index (χ4v) is 1.89. The summed E-state index contributed by atoms with van der Waals surface area (Å²) in [6.45, 7) is 3.49. The van der Waals surface area contributed by atoms with E-state index < -0.39 is 0 Å². The average Bonchev–Trinajstić information content (AvgIpc) is 2.20. The molecule has 0 aliphatic rings. The van der Waals surface area contributed by atoms with E-state index in [1.54, 1.807) is 11.8 Å². The maximum atomic E-state index is 11.3. The molecule has 4 heteroatoms. The van der Waals surface area contributed by atoms with Crippen molar-refractivity contribution in [3.8, 4) is 0 Å². The molecule has 1 aromatic carbocycles. The lowest BCUT2D eigenvalue weighted by Gasteiger charge is -2.04. The number of rotatable bonds is 5. The molecule has 0 unspecified atom stereocenters. The van der Waals surface area contributed by atoms with Gasteiger partial charge in [0.05, 0.1) is 6.42 Å². The molecule has 0 aromatic heterocycles. The van der Waals surface area contributed by atoms with Crippen LogP contribution in [0.5, 0.6) is 0 Å². The van der Waals surface area contributed by atoms with Crippen molar-refractivity contribution in [2.24, 2.45) is 0 Å². The van der Waals surface area contributed by atoms with Crippen molar-refractivity contribution >= 4 is 29.1 Å². The zero-order valence-electron chi connectivity index (χ0n) is 9.45. The minimum atomic E-state index is -0.261. The molecule has 16 heavy (non-hydrogen) atoms. The topological polar surface area (TPSA) is 46.2 Å². The monoisotopic (exact) mass is 237 g/mol. The third kappa shape index (κ3) is 4.49. The van der Waals surface area contributed by atoms with Crippen molar-refractivity contribution in [1.29, 1.82) is 0 Å². The van der Waals surface area contributed by atoms with Crippen molar-refractivity contribution in [3.63, 3.8) is 0 Å². The number of nitrogens with one attached hydrogen (secondary N) is 1. The molecule has 0 aliphatic carbocycles. The van der Waals surface area contributed by atoms with Gasteiger partial charge in [0.2, 0.25) is 5.91 Å². The van der Waals surface area contributed by atoms with E-state index in [0.717, 1.165) is 11.4 Å². The van der Waals surface area contributed by atoms with Gasteiger partial charge >= 0.3 is 0 Å². The molecule has 0 heterocycles. The normalized spacial score (nSPS) is 9.88. The van der Waals surface area contributed by atoms with Gasteiger partial charge in [-0.3, -0.25) is 9.59 Å². The van der Waals surface area contributed by atoms with Gasteiger partial charge in [0, 0.05) is 10.6 Å². The maximum absolute atomic E-state index is 11.3. The molecule has 1 aromatic rings. The van der Waals surface area contributed by atoms with E-state index in [0.29, 0.717) is 0 Å². The summed E-state index contributed by atoms with van der Waals surface area (Å²) in [7, 11) is 0. The van der Waals surface area contributed by atoms with Gasteiger partial charge in [-0.25, -0.2) is 0 Å². The molecule has 0 fully saturated rings. The second kappa shape index (κ2) is 6.33. The van der Waals surface area contributed by atoms with E-state index in [-0.39, 0.29) is 18.1 Å². The lowest BCUT2D eigenvalue weighted by Crippen LogP contribution is -2.14. The molecule has 0 radical (unpaired) electrons. The highest BCUT2D eigenvalue weighted by Crippen LogP contribution is 2.19. The molecule has 1 rings (SSSR count). The number of hydrogen-bond donors (Lipinski definition) is 1. The summed E-state index contributed by atoms with van der Waals surface area (Å²) in [4.78, 5) is 23.2. The van der Waals surface area contributed by atoms with Gasteiger partial charge < -0.3 is 5.32 Å². The van der Waals surface area contributed by atoms with Gasteiger partial charge in [-0.2, -0.15) is 0 Å². The van der Waals surface area contributed by atoms with E-state index in [1.807, 2.05) is 24.3 Å². The predicted octanol–water partition coefficient (Wildman–Crippen LogP) is 2.72. The molecule has 0 bridgehead atoms. The number of thioether (sulfide) groups is 1. The fraction of sp³-hybridized carbons (Fsp3) is 0.333. The Balaban J connectivity index is 2.54. The smallest absolute Gasteiger partial charge is 0.231 e. The minimum absolute atomic E-state index is 0.0640. The minimum Gasteiger partial charge on any atom is -0.326 e. The highest BCUT2D eigenvalue weighted by atomic mass is 32.2. The lowest BCUT2D eigenvalue weighted by molar-refractivity contribution is -0.124. The number of carbonyl (C=O) groups is 2. The second-order valence-corrected chi connectivity index (χ2v) is 4.72.